The SMILES string of the molecule is COc1cc(/C=C/C2=C(C#N)C(=C(C#N)C#N)OC2(C)C)cc(OC)c1OC. The van der Waals surface area contributed by atoms with Crippen molar-refractivity contribution in [3.05, 3.63) is 46.3 Å². The molecule has 0 spiro atoms. The molecule has 142 valence electrons. The third-order valence-electron chi connectivity index (χ3n) is 4.19. The summed E-state index contributed by atoms with van der Waals surface area (Å²) in [5.41, 5.74) is 0.346. The molecular weight excluding hydrogens is 358 g/mol. The van der Waals surface area contributed by atoms with E-state index in [0.29, 0.717) is 22.8 Å². The topological polar surface area (TPSA) is 108 Å². The van der Waals surface area contributed by atoms with Crippen molar-refractivity contribution in [2.45, 2.75) is 19.4 Å². The minimum Gasteiger partial charge on any atom is -0.493 e. The van der Waals surface area contributed by atoms with Crippen molar-refractivity contribution in [1.29, 1.82) is 15.8 Å². The molecule has 1 aromatic rings. The van der Waals surface area contributed by atoms with Gasteiger partial charge in [-0.2, -0.15) is 15.8 Å². The molecule has 1 aliphatic heterocycles. The maximum Gasteiger partial charge on any atom is 0.203 e. The molecule has 0 N–H and O–H groups in total. The molecule has 0 atom stereocenters. The third-order valence-corrected chi connectivity index (χ3v) is 4.19. The molecule has 0 amide bonds. The van der Waals surface area contributed by atoms with Crippen molar-refractivity contribution in [3.63, 3.8) is 0 Å². The third kappa shape index (κ3) is 3.63. The number of benzene rings is 1. The van der Waals surface area contributed by atoms with E-state index >= 15 is 0 Å². The molecule has 0 bridgehead atoms. The van der Waals surface area contributed by atoms with Crippen LogP contribution in [0, 0.1) is 34.0 Å². The summed E-state index contributed by atoms with van der Waals surface area (Å²) in [6.45, 7) is 3.52. The highest BCUT2D eigenvalue weighted by Crippen LogP contribution is 2.41. The molecule has 1 heterocycles. The normalized spacial score (nSPS) is 14.7. The molecule has 7 nitrogen and oxygen atoms in total. The molecule has 1 aromatic carbocycles. The first-order valence-corrected chi connectivity index (χ1v) is 8.23. The van der Waals surface area contributed by atoms with Gasteiger partial charge in [-0.3, -0.25) is 0 Å². The van der Waals surface area contributed by atoms with Crippen molar-refractivity contribution in [2.24, 2.45) is 0 Å². The van der Waals surface area contributed by atoms with E-state index in [1.807, 2.05) is 6.07 Å². The second-order valence-corrected chi connectivity index (χ2v) is 6.23. The van der Waals surface area contributed by atoms with Crippen molar-refractivity contribution in [2.75, 3.05) is 21.3 Å². The van der Waals surface area contributed by atoms with Crippen LogP contribution in [0.15, 0.2) is 40.7 Å². The number of hydrogen-bond acceptors (Lipinski definition) is 7. The number of rotatable bonds is 5. The van der Waals surface area contributed by atoms with E-state index in [0.717, 1.165) is 5.56 Å². The number of nitriles is 3. The Morgan fingerprint density at radius 2 is 1.54 bits per heavy atom. The van der Waals surface area contributed by atoms with E-state index in [-0.39, 0.29) is 16.9 Å². The minimum absolute atomic E-state index is 0.00189. The molecule has 0 saturated carbocycles. The molecule has 28 heavy (non-hydrogen) atoms. The van der Waals surface area contributed by atoms with Gasteiger partial charge in [0.1, 0.15) is 29.4 Å². The van der Waals surface area contributed by atoms with Gasteiger partial charge in [0.25, 0.3) is 0 Å². The van der Waals surface area contributed by atoms with Crippen LogP contribution in [0.25, 0.3) is 6.08 Å². The molecule has 0 saturated heterocycles. The largest absolute Gasteiger partial charge is 0.493 e. The first kappa shape index (κ1) is 20.4. The zero-order valence-electron chi connectivity index (χ0n) is 16.3. The molecule has 0 radical (unpaired) electrons. The fourth-order valence-electron chi connectivity index (χ4n) is 2.86. The maximum atomic E-state index is 9.58. The Balaban J connectivity index is 2.60. The van der Waals surface area contributed by atoms with Gasteiger partial charge in [0, 0.05) is 5.57 Å². The lowest BCUT2D eigenvalue weighted by molar-refractivity contribution is 0.0954. The lowest BCUT2D eigenvalue weighted by Crippen LogP contribution is -2.20. The highest BCUT2D eigenvalue weighted by molar-refractivity contribution is 5.67. The summed E-state index contributed by atoms with van der Waals surface area (Å²) in [5.74, 6) is 1.47. The van der Waals surface area contributed by atoms with Crippen molar-refractivity contribution < 1.29 is 18.9 Å². The Kier molecular flexibility index (Phi) is 5.98. The molecular formula is C21H19N3O4. The second kappa shape index (κ2) is 8.20. The summed E-state index contributed by atoms with van der Waals surface area (Å²) < 4.78 is 21.7. The van der Waals surface area contributed by atoms with Crippen molar-refractivity contribution in [1.82, 2.24) is 0 Å². The van der Waals surface area contributed by atoms with Gasteiger partial charge in [0.15, 0.2) is 22.8 Å². The Morgan fingerprint density at radius 3 is 1.96 bits per heavy atom. The zero-order chi connectivity index (χ0) is 20.9. The van der Waals surface area contributed by atoms with Crippen molar-refractivity contribution in [3.8, 4) is 35.5 Å². The van der Waals surface area contributed by atoms with E-state index in [4.69, 9.17) is 29.5 Å². The molecule has 1 aliphatic rings. The van der Waals surface area contributed by atoms with Gasteiger partial charge >= 0.3 is 0 Å². The lowest BCUT2D eigenvalue weighted by atomic mass is 9.94. The van der Waals surface area contributed by atoms with E-state index in [1.54, 1.807) is 50.3 Å². The average molecular weight is 377 g/mol. The first-order valence-electron chi connectivity index (χ1n) is 8.23. The van der Waals surface area contributed by atoms with Gasteiger partial charge < -0.3 is 18.9 Å². The molecule has 7 heteroatoms. The summed E-state index contributed by atoms with van der Waals surface area (Å²) in [4.78, 5) is 0. The number of allylic oxidation sites excluding steroid dienone is 2. The zero-order valence-corrected chi connectivity index (χ0v) is 16.3. The highest BCUT2D eigenvalue weighted by Gasteiger charge is 2.38. The summed E-state index contributed by atoms with van der Waals surface area (Å²) in [6.07, 6.45) is 3.49. The van der Waals surface area contributed by atoms with Crippen LogP contribution in [0.3, 0.4) is 0 Å². The first-order chi connectivity index (χ1) is 13.4. The van der Waals surface area contributed by atoms with E-state index < -0.39 is 5.60 Å². The van der Waals surface area contributed by atoms with Gasteiger partial charge in [-0.1, -0.05) is 12.2 Å². The monoisotopic (exact) mass is 377 g/mol. The van der Waals surface area contributed by atoms with Crippen LogP contribution in [0.2, 0.25) is 0 Å². The molecule has 2 rings (SSSR count). The molecule has 0 aromatic heterocycles. The van der Waals surface area contributed by atoms with Crippen LogP contribution < -0.4 is 14.2 Å². The fourth-order valence-corrected chi connectivity index (χ4v) is 2.86. The smallest absolute Gasteiger partial charge is 0.203 e. The highest BCUT2D eigenvalue weighted by atomic mass is 16.5. The van der Waals surface area contributed by atoms with E-state index in [2.05, 4.69) is 0 Å². The van der Waals surface area contributed by atoms with Crippen LogP contribution in [0.1, 0.15) is 19.4 Å². The Labute approximate surface area is 163 Å². The van der Waals surface area contributed by atoms with Crippen LogP contribution in [0.4, 0.5) is 0 Å². The van der Waals surface area contributed by atoms with Gasteiger partial charge in [-0.15, -0.1) is 0 Å². The van der Waals surface area contributed by atoms with Gasteiger partial charge in [0.2, 0.25) is 5.75 Å². The standard InChI is InChI=1S/C21H19N3O4/c1-21(2)16(15(12-24)19(28-21)14(10-22)11-23)7-6-13-8-17(25-3)20(27-5)18(9-13)26-4/h6-9H,1-5H3/b7-6+. The predicted molar refractivity (Wildman–Crippen MR) is 101 cm³/mol. The molecule has 0 unspecified atom stereocenters. The van der Waals surface area contributed by atoms with Crippen LogP contribution in [-0.2, 0) is 4.74 Å². The van der Waals surface area contributed by atoms with Gasteiger partial charge in [0.05, 0.1) is 21.3 Å². The summed E-state index contributed by atoms with van der Waals surface area (Å²) in [5, 5.41) is 27.8. The summed E-state index contributed by atoms with van der Waals surface area (Å²) in [7, 11) is 4.57. The summed E-state index contributed by atoms with van der Waals surface area (Å²) >= 11 is 0. The number of hydrogen-bond donors (Lipinski definition) is 0. The van der Waals surface area contributed by atoms with Crippen LogP contribution in [-0.4, -0.2) is 26.9 Å². The minimum atomic E-state index is -0.878. The van der Waals surface area contributed by atoms with Gasteiger partial charge in [-0.25, -0.2) is 0 Å². The van der Waals surface area contributed by atoms with Gasteiger partial charge in [-0.05, 0) is 31.5 Å². The summed E-state index contributed by atoms with van der Waals surface area (Å²) in [6, 6.07) is 9.11. The second-order valence-electron chi connectivity index (χ2n) is 6.23. The Bertz CT molecular complexity index is 971. The Hall–Kier alpha value is -3.89. The maximum absolute atomic E-state index is 9.58. The predicted octanol–water partition coefficient (Wildman–Crippen LogP) is 3.66. The van der Waals surface area contributed by atoms with Crippen LogP contribution >= 0.6 is 0 Å². The number of nitrogens with zero attached hydrogens (tertiary/aromatic N) is 3. The number of methoxy groups -OCH3 is 3. The molecule has 0 fully saturated rings. The van der Waals surface area contributed by atoms with Crippen molar-refractivity contribution >= 4 is 6.08 Å². The fraction of sp³-hybridized carbons (Fsp3) is 0.286. The molecule has 0 aliphatic carbocycles. The van der Waals surface area contributed by atoms with E-state index in [1.165, 1.54) is 21.3 Å². The lowest BCUT2D eigenvalue weighted by Gasteiger charge is -2.20. The van der Waals surface area contributed by atoms with E-state index in [9.17, 15) is 5.26 Å². The number of ether oxygens (including phenoxy) is 4. The quantitative estimate of drug-likeness (QED) is 0.720. The average Bonchev–Trinajstić information content (AvgIpc) is 2.95. The Morgan fingerprint density at radius 1 is 0.964 bits per heavy atom. The van der Waals surface area contributed by atoms with Crippen LogP contribution in [0.5, 0.6) is 17.2 Å².